The highest BCUT2D eigenvalue weighted by molar-refractivity contribution is 5.94. The van der Waals surface area contributed by atoms with Crippen LogP contribution in [0.5, 0.6) is 17.2 Å². The molecule has 0 saturated carbocycles. The van der Waals surface area contributed by atoms with Crippen LogP contribution in [0, 0.1) is 12.7 Å². The first-order chi connectivity index (χ1) is 15.4. The minimum absolute atomic E-state index is 0.288. The molecule has 0 aromatic heterocycles. The first-order valence-electron chi connectivity index (χ1n) is 10.3. The van der Waals surface area contributed by atoms with Crippen molar-refractivity contribution >= 4 is 11.9 Å². The number of methoxy groups -OCH3 is 3. The third-order valence-electron chi connectivity index (χ3n) is 4.63. The predicted molar refractivity (Wildman–Crippen MR) is 122 cm³/mol. The van der Waals surface area contributed by atoms with Gasteiger partial charge in [0.2, 0.25) is 5.75 Å². The van der Waals surface area contributed by atoms with Crippen LogP contribution in [-0.4, -0.2) is 52.8 Å². The van der Waals surface area contributed by atoms with Crippen LogP contribution in [0.25, 0.3) is 0 Å². The van der Waals surface area contributed by atoms with Crippen LogP contribution < -0.4 is 30.2 Å². The molecular weight excluding hydrogens is 415 g/mol. The number of guanidine groups is 1. The molecule has 0 aliphatic carbocycles. The molecule has 0 heterocycles. The lowest BCUT2D eigenvalue weighted by atomic mass is 10.1. The van der Waals surface area contributed by atoms with Crippen LogP contribution in [0.4, 0.5) is 4.39 Å². The van der Waals surface area contributed by atoms with Crippen LogP contribution in [-0.2, 0) is 6.54 Å². The van der Waals surface area contributed by atoms with Gasteiger partial charge in [0.15, 0.2) is 17.5 Å². The number of hydrogen-bond donors (Lipinski definition) is 3. The molecule has 0 radical (unpaired) electrons. The lowest BCUT2D eigenvalue weighted by Gasteiger charge is -2.14. The van der Waals surface area contributed by atoms with Gasteiger partial charge in [-0.05, 0) is 49.2 Å². The van der Waals surface area contributed by atoms with Gasteiger partial charge in [-0.2, -0.15) is 0 Å². The van der Waals surface area contributed by atoms with Crippen LogP contribution in [0.3, 0.4) is 0 Å². The van der Waals surface area contributed by atoms with Crippen LogP contribution >= 0.6 is 0 Å². The molecule has 174 valence electrons. The summed E-state index contributed by atoms with van der Waals surface area (Å²) in [6.07, 6.45) is 0. The molecule has 0 bridgehead atoms. The van der Waals surface area contributed by atoms with Crippen molar-refractivity contribution < 1.29 is 23.4 Å². The number of amides is 1. The van der Waals surface area contributed by atoms with E-state index in [2.05, 4.69) is 20.9 Å². The van der Waals surface area contributed by atoms with Gasteiger partial charge in [-0.15, -0.1) is 0 Å². The molecule has 8 nitrogen and oxygen atoms in total. The van der Waals surface area contributed by atoms with Gasteiger partial charge in [0, 0.05) is 25.2 Å². The van der Waals surface area contributed by atoms with Gasteiger partial charge in [-0.25, -0.2) is 9.38 Å². The number of aryl methyl sites for hydroxylation is 1. The van der Waals surface area contributed by atoms with Gasteiger partial charge in [0.1, 0.15) is 5.82 Å². The predicted octanol–water partition coefficient (Wildman–Crippen LogP) is 2.65. The Morgan fingerprint density at radius 3 is 2.19 bits per heavy atom. The summed E-state index contributed by atoms with van der Waals surface area (Å²) in [5.41, 5.74) is 1.67. The molecule has 2 aromatic rings. The van der Waals surface area contributed by atoms with Crippen molar-refractivity contribution in [3.05, 3.63) is 52.8 Å². The smallest absolute Gasteiger partial charge is 0.251 e. The minimum Gasteiger partial charge on any atom is -0.493 e. The fourth-order valence-electron chi connectivity index (χ4n) is 2.93. The van der Waals surface area contributed by atoms with E-state index in [0.29, 0.717) is 55.0 Å². The monoisotopic (exact) mass is 446 g/mol. The number of rotatable bonds is 10. The Kier molecular flexibility index (Phi) is 9.59. The highest BCUT2D eigenvalue weighted by Crippen LogP contribution is 2.38. The number of ether oxygens (including phenoxy) is 3. The maximum Gasteiger partial charge on any atom is 0.251 e. The molecule has 0 aliphatic rings. The molecule has 0 spiro atoms. The van der Waals surface area contributed by atoms with E-state index in [1.807, 2.05) is 19.1 Å². The van der Waals surface area contributed by atoms with E-state index in [4.69, 9.17) is 14.2 Å². The van der Waals surface area contributed by atoms with Gasteiger partial charge in [-0.1, -0.05) is 6.07 Å². The molecule has 0 atom stereocenters. The van der Waals surface area contributed by atoms with Gasteiger partial charge < -0.3 is 30.2 Å². The quantitative estimate of drug-likeness (QED) is 0.295. The lowest BCUT2D eigenvalue weighted by molar-refractivity contribution is 0.0954. The third kappa shape index (κ3) is 6.76. The zero-order chi connectivity index (χ0) is 23.5. The Labute approximate surface area is 188 Å². The zero-order valence-corrected chi connectivity index (χ0v) is 19.2. The zero-order valence-electron chi connectivity index (χ0n) is 19.2. The Balaban J connectivity index is 1.95. The van der Waals surface area contributed by atoms with E-state index < -0.39 is 5.82 Å². The standard InChI is InChI=1S/C23H31FN4O4/c1-6-25-23(27-10-9-26-22(29)17-8-7-15(2)18(24)13-17)28-14-16-11-19(30-3)21(32-5)20(12-16)31-4/h7-8,11-13H,6,9-10,14H2,1-5H3,(H,26,29)(H2,25,27,28). The van der Waals surface area contributed by atoms with Crippen molar-refractivity contribution in [2.24, 2.45) is 4.99 Å². The number of hydrogen-bond acceptors (Lipinski definition) is 5. The summed E-state index contributed by atoms with van der Waals surface area (Å²) in [5.74, 6) is 1.51. The average Bonchev–Trinajstić information content (AvgIpc) is 2.80. The summed E-state index contributed by atoms with van der Waals surface area (Å²) < 4.78 is 29.7. The number of benzene rings is 2. The van der Waals surface area contributed by atoms with Crippen LogP contribution in [0.1, 0.15) is 28.4 Å². The van der Waals surface area contributed by atoms with Crippen molar-refractivity contribution in [3.63, 3.8) is 0 Å². The second kappa shape index (κ2) is 12.4. The van der Waals surface area contributed by atoms with E-state index in [1.54, 1.807) is 40.4 Å². The SMILES string of the molecule is CCNC(=NCc1cc(OC)c(OC)c(OC)c1)NCCNC(=O)c1ccc(C)c(F)c1. The van der Waals surface area contributed by atoms with Crippen LogP contribution in [0.2, 0.25) is 0 Å². The topological polar surface area (TPSA) is 93.2 Å². The van der Waals surface area contributed by atoms with Gasteiger partial charge in [0.25, 0.3) is 5.91 Å². The summed E-state index contributed by atoms with van der Waals surface area (Å²) in [6, 6.07) is 8.11. The molecule has 2 aromatic carbocycles. The summed E-state index contributed by atoms with van der Waals surface area (Å²) >= 11 is 0. The fraction of sp³-hybridized carbons (Fsp3) is 0.391. The fourth-order valence-corrected chi connectivity index (χ4v) is 2.93. The third-order valence-corrected chi connectivity index (χ3v) is 4.63. The number of nitrogens with one attached hydrogen (secondary N) is 3. The van der Waals surface area contributed by atoms with Crippen LogP contribution in [0.15, 0.2) is 35.3 Å². The summed E-state index contributed by atoms with van der Waals surface area (Å²) in [5, 5.41) is 9.08. The van der Waals surface area contributed by atoms with Crippen molar-refractivity contribution in [2.45, 2.75) is 20.4 Å². The highest BCUT2D eigenvalue weighted by atomic mass is 19.1. The summed E-state index contributed by atoms with van der Waals surface area (Å²) in [7, 11) is 4.68. The largest absolute Gasteiger partial charge is 0.493 e. The van der Waals surface area contributed by atoms with Crippen molar-refractivity contribution in [1.82, 2.24) is 16.0 Å². The molecule has 0 fully saturated rings. The Hall–Kier alpha value is -3.49. The number of carbonyl (C=O) groups excluding carboxylic acids is 1. The number of halogens is 1. The Morgan fingerprint density at radius 1 is 0.969 bits per heavy atom. The molecule has 0 saturated heterocycles. The molecule has 2 rings (SSSR count). The van der Waals surface area contributed by atoms with E-state index in [0.717, 1.165) is 5.56 Å². The lowest BCUT2D eigenvalue weighted by Crippen LogP contribution is -2.41. The number of nitrogens with zero attached hydrogens (tertiary/aromatic N) is 1. The molecule has 1 amide bonds. The normalized spacial score (nSPS) is 11.0. The molecule has 32 heavy (non-hydrogen) atoms. The molecule has 3 N–H and O–H groups in total. The summed E-state index contributed by atoms with van der Waals surface area (Å²) in [4.78, 5) is 16.7. The maximum absolute atomic E-state index is 13.6. The van der Waals surface area contributed by atoms with E-state index >= 15 is 0 Å². The van der Waals surface area contributed by atoms with Gasteiger partial charge in [-0.3, -0.25) is 4.79 Å². The highest BCUT2D eigenvalue weighted by Gasteiger charge is 2.13. The van der Waals surface area contributed by atoms with E-state index in [1.165, 1.54) is 6.07 Å². The molecule has 0 aliphatic heterocycles. The van der Waals surface area contributed by atoms with E-state index in [9.17, 15) is 9.18 Å². The first-order valence-corrected chi connectivity index (χ1v) is 10.3. The average molecular weight is 447 g/mol. The number of aliphatic imine (C=N–C) groups is 1. The van der Waals surface area contributed by atoms with Crippen molar-refractivity contribution in [1.29, 1.82) is 0 Å². The van der Waals surface area contributed by atoms with E-state index in [-0.39, 0.29) is 11.5 Å². The Morgan fingerprint density at radius 2 is 1.62 bits per heavy atom. The minimum atomic E-state index is -0.399. The van der Waals surface area contributed by atoms with Crippen molar-refractivity contribution in [3.8, 4) is 17.2 Å². The van der Waals surface area contributed by atoms with Gasteiger partial charge >= 0.3 is 0 Å². The summed E-state index contributed by atoms with van der Waals surface area (Å²) in [6.45, 7) is 5.46. The molecule has 0 unspecified atom stereocenters. The maximum atomic E-state index is 13.6. The van der Waals surface area contributed by atoms with Gasteiger partial charge in [0.05, 0.1) is 27.9 Å². The second-order valence-electron chi connectivity index (χ2n) is 6.88. The Bertz CT molecular complexity index is 925. The molecular formula is C23H31FN4O4. The van der Waals surface area contributed by atoms with Crippen molar-refractivity contribution in [2.75, 3.05) is 41.0 Å². The second-order valence-corrected chi connectivity index (χ2v) is 6.88. The number of carbonyl (C=O) groups is 1. The first kappa shape index (κ1) is 24.8. The molecule has 9 heteroatoms.